The van der Waals surface area contributed by atoms with Gasteiger partial charge < -0.3 is 19.0 Å². The molecule has 0 radical (unpaired) electrons. The molecule has 0 saturated carbocycles. The average Bonchev–Trinajstić information content (AvgIpc) is 3.20. The summed E-state index contributed by atoms with van der Waals surface area (Å²) in [7, 11) is 3.04. The third-order valence-electron chi connectivity index (χ3n) is 4.80. The third kappa shape index (κ3) is 2.87. The molecule has 3 aromatic rings. The van der Waals surface area contributed by atoms with Crippen molar-refractivity contribution in [1.82, 2.24) is 9.88 Å². The Morgan fingerprint density at radius 1 is 1.23 bits per heavy atom. The van der Waals surface area contributed by atoms with Crippen molar-refractivity contribution in [3.8, 4) is 0 Å². The van der Waals surface area contributed by atoms with Crippen LogP contribution < -0.4 is 0 Å². The number of methoxy groups -OCH3 is 1. The van der Waals surface area contributed by atoms with Crippen LogP contribution in [0.1, 0.15) is 50.8 Å². The van der Waals surface area contributed by atoms with Crippen molar-refractivity contribution in [3.05, 3.63) is 58.6 Å². The first-order chi connectivity index (χ1) is 12.3. The number of esters is 1. The normalized spacial score (nSPS) is 12.2. The number of furan rings is 1. The van der Waals surface area contributed by atoms with E-state index in [2.05, 4.69) is 4.98 Å². The molecule has 1 amide bonds. The van der Waals surface area contributed by atoms with E-state index in [1.54, 1.807) is 25.8 Å². The molecule has 3 rings (SSSR count). The average molecular weight is 354 g/mol. The summed E-state index contributed by atoms with van der Waals surface area (Å²) in [5, 5.41) is 0.995. The van der Waals surface area contributed by atoms with Gasteiger partial charge in [-0.3, -0.25) is 4.79 Å². The lowest BCUT2D eigenvalue weighted by atomic mass is 10.1. The number of nitrogens with zero attached hydrogens (tertiary/aromatic N) is 1. The highest BCUT2D eigenvalue weighted by Crippen LogP contribution is 2.28. The molecule has 1 aromatic carbocycles. The molecule has 6 nitrogen and oxygen atoms in total. The van der Waals surface area contributed by atoms with E-state index >= 15 is 0 Å². The van der Waals surface area contributed by atoms with Crippen LogP contribution in [0.4, 0.5) is 0 Å². The van der Waals surface area contributed by atoms with Gasteiger partial charge in [-0.25, -0.2) is 4.79 Å². The Labute approximate surface area is 151 Å². The summed E-state index contributed by atoms with van der Waals surface area (Å²) in [5.74, 6) is 0.0353. The zero-order chi connectivity index (χ0) is 19.0. The van der Waals surface area contributed by atoms with E-state index in [-0.39, 0.29) is 11.9 Å². The predicted octanol–water partition coefficient (Wildman–Crippen LogP) is 4.00. The predicted molar refractivity (Wildman–Crippen MR) is 98.3 cm³/mol. The highest BCUT2D eigenvalue weighted by molar-refractivity contribution is 6.00. The Bertz CT molecular complexity index is 950. The number of ether oxygens (including phenoxy) is 1. The van der Waals surface area contributed by atoms with Crippen molar-refractivity contribution in [2.75, 3.05) is 14.2 Å². The molecule has 6 heteroatoms. The van der Waals surface area contributed by atoms with Crippen molar-refractivity contribution >= 4 is 22.8 Å². The van der Waals surface area contributed by atoms with Gasteiger partial charge in [0.25, 0.3) is 5.91 Å². The largest absolute Gasteiger partial charge is 0.465 e. The SMILES string of the molecule is COC(=O)c1c(C)[nH]c(C(=O)N(C)[C@@H](C)c2cc3ccccc3o2)c1C. The van der Waals surface area contributed by atoms with Gasteiger partial charge in [0.2, 0.25) is 0 Å². The maximum atomic E-state index is 13.0. The van der Waals surface area contributed by atoms with Crippen LogP contribution in [-0.4, -0.2) is 35.9 Å². The Kier molecular flexibility index (Phi) is 4.59. The maximum Gasteiger partial charge on any atom is 0.339 e. The van der Waals surface area contributed by atoms with Crippen molar-refractivity contribution in [3.63, 3.8) is 0 Å². The third-order valence-corrected chi connectivity index (χ3v) is 4.80. The lowest BCUT2D eigenvalue weighted by Gasteiger charge is -2.23. The standard InChI is InChI=1S/C20H22N2O4/c1-11-17(20(24)25-5)12(2)21-18(11)19(23)22(4)13(3)16-10-14-8-6-7-9-15(14)26-16/h6-10,13,21H,1-5H3/t13-/m0/s1. The van der Waals surface area contributed by atoms with Gasteiger partial charge in [0.05, 0.1) is 18.7 Å². The Hall–Kier alpha value is -3.02. The molecule has 0 bridgehead atoms. The molecule has 0 fully saturated rings. The quantitative estimate of drug-likeness (QED) is 0.719. The number of aromatic amines is 1. The Balaban J connectivity index is 1.91. The molecule has 2 aromatic heterocycles. The summed E-state index contributed by atoms with van der Waals surface area (Å²) >= 11 is 0. The number of carbonyl (C=O) groups excluding carboxylic acids is 2. The van der Waals surface area contributed by atoms with E-state index in [1.165, 1.54) is 7.11 Å². The summed E-state index contributed by atoms with van der Waals surface area (Å²) in [6.07, 6.45) is 0. The first kappa shape index (κ1) is 17.8. The van der Waals surface area contributed by atoms with Gasteiger partial charge in [0.1, 0.15) is 17.0 Å². The van der Waals surface area contributed by atoms with Crippen LogP contribution in [-0.2, 0) is 4.74 Å². The molecule has 0 aliphatic rings. The number of aromatic nitrogens is 1. The number of fused-ring (bicyclic) bond motifs is 1. The zero-order valence-electron chi connectivity index (χ0n) is 15.5. The second kappa shape index (κ2) is 6.71. The van der Waals surface area contributed by atoms with E-state index in [9.17, 15) is 9.59 Å². The van der Waals surface area contributed by atoms with E-state index in [4.69, 9.17) is 9.15 Å². The second-order valence-corrected chi connectivity index (χ2v) is 6.40. The van der Waals surface area contributed by atoms with Gasteiger partial charge in [-0.1, -0.05) is 18.2 Å². The Morgan fingerprint density at radius 2 is 1.92 bits per heavy atom. The van der Waals surface area contributed by atoms with Crippen molar-refractivity contribution in [1.29, 1.82) is 0 Å². The molecular weight excluding hydrogens is 332 g/mol. The fraction of sp³-hybridized carbons (Fsp3) is 0.300. The van der Waals surface area contributed by atoms with Gasteiger partial charge in [-0.15, -0.1) is 0 Å². The number of hydrogen-bond acceptors (Lipinski definition) is 4. The number of carbonyl (C=O) groups is 2. The summed E-state index contributed by atoms with van der Waals surface area (Å²) in [5.41, 5.74) is 2.77. The van der Waals surface area contributed by atoms with Crippen LogP contribution in [0.2, 0.25) is 0 Å². The highest BCUT2D eigenvalue weighted by atomic mass is 16.5. The van der Waals surface area contributed by atoms with E-state index in [1.807, 2.05) is 37.3 Å². The number of para-hydroxylation sites is 1. The van der Waals surface area contributed by atoms with Crippen molar-refractivity contribution in [2.45, 2.75) is 26.8 Å². The highest BCUT2D eigenvalue weighted by Gasteiger charge is 2.27. The lowest BCUT2D eigenvalue weighted by Crippen LogP contribution is -2.30. The molecule has 0 saturated heterocycles. The van der Waals surface area contributed by atoms with Crippen LogP contribution >= 0.6 is 0 Å². The minimum absolute atomic E-state index is 0.214. The maximum absolute atomic E-state index is 13.0. The number of benzene rings is 1. The number of rotatable bonds is 4. The lowest BCUT2D eigenvalue weighted by molar-refractivity contribution is 0.0599. The summed E-state index contributed by atoms with van der Waals surface area (Å²) in [4.78, 5) is 29.5. The molecule has 26 heavy (non-hydrogen) atoms. The molecule has 0 aliphatic heterocycles. The molecule has 2 heterocycles. The van der Waals surface area contributed by atoms with Crippen LogP contribution in [0.3, 0.4) is 0 Å². The molecule has 0 aliphatic carbocycles. The number of hydrogen-bond donors (Lipinski definition) is 1. The fourth-order valence-corrected chi connectivity index (χ4v) is 3.12. The minimum atomic E-state index is -0.455. The van der Waals surface area contributed by atoms with Crippen LogP contribution in [0, 0.1) is 13.8 Å². The van der Waals surface area contributed by atoms with Gasteiger partial charge in [0.15, 0.2) is 0 Å². The smallest absolute Gasteiger partial charge is 0.339 e. The second-order valence-electron chi connectivity index (χ2n) is 6.40. The topological polar surface area (TPSA) is 75.5 Å². The van der Waals surface area contributed by atoms with Crippen LogP contribution in [0.25, 0.3) is 11.0 Å². The number of H-pyrrole nitrogens is 1. The van der Waals surface area contributed by atoms with Crippen LogP contribution in [0.5, 0.6) is 0 Å². The molecule has 0 spiro atoms. The van der Waals surface area contributed by atoms with E-state index < -0.39 is 5.97 Å². The molecule has 1 atom stereocenters. The summed E-state index contributed by atoms with van der Waals surface area (Å²) in [6.45, 7) is 5.39. The minimum Gasteiger partial charge on any atom is -0.465 e. The number of amides is 1. The van der Waals surface area contributed by atoms with Gasteiger partial charge in [-0.2, -0.15) is 0 Å². The van der Waals surface area contributed by atoms with E-state index in [0.717, 1.165) is 11.0 Å². The van der Waals surface area contributed by atoms with Crippen molar-refractivity contribution < 1.29 is 18.7 Å². The molecule has 0 unspecified atom stereocenters. The first-order valence-electron chi connectivity index (χ1n) is 8.38. The van der Waals surface area contributed by atoms with Gasteiger partial charge >= 0.3 is 5.97 Å². The summed E-state index contributed by atoms with van der Waals surface area (Å²) in [6, 6.07) is 9.40. The summed E-state index contributed by atoms with van der Waals surface area (Å²) < 4.78 is 10.7. The van der Waals surface area contributed by atoms with Crippen molar-refractivity contribution in [2.24, 2.45) is 0 Å². The van der Waals surface area contributed by atoms with Crippen LogP contribution in [0.15, 0.2) is 34.7 Å². The monoisotopic (exact) mass is 354 g/mol. The molecule has 136 valence electrons. The number of nitrogens with one attached hydrogen (secondary N) is 1. The molecular formula is C20H22N2O4. The zero-order valence-corrected chi connectivity index (χ0v) is 15.5. The van der Waals surface area contributed by atoms with Gasteiger partial charge in [-0.05, 0) is 38.5 Å². The fourth-order valence-electron chi connectivity index (χ4n) is 3.12. The first-order valence-corrected chi connectivity index (χ1v) is 8.38. The number of aryl methyl sites for hydroxylation is 1. The van der Waals surface area contributed by atoms with E-state index in [0.29, 0.717) is 28.3 Å². The Morgan fingerprint density at radius 3 is 2.58 bits per heavy atom. The van der Waals surface area contributed by atoms with Gasteiger partial charge in [0, 0.05) is 18.1 Å². The molecule has 1 N–H and O–H groups in total.